The monoisotopic (exact) mass is 213 g/mol. The van der Waals surface area contributed by atoms with Gasteiger partial charge in [-0.1, -0.05) is 12.0 Å². The molecule has 2 heteroatoms. The van der Waals surface area contributed by atoms with E-state index in [1.165, 1.54) is 5.56 Å². The van der Waals surface area contributed by atoms with Crippen LogP contribution in [0.5, 0.6) is 0 Å². The third kappa shape index (κ3) is 2.61. The minimum Gasteiger partial charge on any atom is -0.381 e. The second-order valence-corrected chi connectivity index (χ2v) is 3.99. The molecule has 0 radical (unpaired) electrons. The van der Waals surface area contributed by atoms with Gasteiger partial charge in [0.25, 0.3) is 0 Å². The maximum atomic E-state index is 5.33. The summed E-state index contributed by atoms with van der Waals surface area (Å²) in [4.78, 5) is 0. The summed E-state index contributed by atoms with van der Waals surface area (Å²) in [5.41, 5.74) is 3.27. The molecular formula is C13H11NS. The molecule has 1 N–H and O–H groups in total. The van der Waals surface area contributed by atoms with Crippen LogP contribution in [-0.2, 0) is 6.54 Å². The standard InChI is InChI=1S/C13H11NS/c1-2-11-4-3-5-13(8-11)14-9-12-6-7-15-10-12/h1,3-8,10,14H,9H2. The van der Waals surface area contributed by atoms with E-state index in [-0.39, 0.29) is 0 Å². The van der Waals surface area contributed by atoms with Crippen LogP contribution >= 0.6 is 11.3 Å². The molecule has 0 aliphatic carbocycles. The van der Waals surface area contributed by atoms with E-state index < -0.39 is 0 Å². The lowest BCUT2D eigenvalue weighted by molar-refractivity contribution is 1.16. The normalized spacial score (nSPS) is 9.53. The summed E-state index contributed by atoms with van der Waals surface area (Å²) in [5.74, 6) is 2.62. The van der Waals surface area contributed by atoms with E-state index >= 15 is 0 Å². The van der Waals surface area contributed by atoms with Crippen molar-refractivity contribution in [3.8, 4) is 12.3 Å². The fraction of sp³-hybridized carbons (Fsp3) is 0.0769. The summed E-state index contributed by atoms with van der Waals surface area (Å²) < 4.78 is 0. The van der Waals surface area contributed by atoms with Crippen LogP contribution in [0.2, 0.25) is 0 Å². The maximum Gasteiger partial charge on any atom is 0.0409 e. The second-order valence-electron chi connectivity index (χ2n) is 3.21. The molecule has 2 rings (SSSR count). The fourth-order valence-corrected chi connectivity index (χ4v) is 1.98. The Morgan fingerprint density at radius 1 is 1.33 bits per heavy atom. The predicted molar refractivity (Wildman–Crippen MR) is 66.0 cm³/mol. The molecule has 0 saturated heterocycles. The highest BCUT2D eigenvalue weighted by atomic mass is 32.1. The SMILES string of the molecule is C#Cc1cccc(NCc2ccsc2)c1. The van der Waals surface area contributed by atoms with E-state index in [9.17, 15) is 0 Å². The van der Waals surface area contributed by atoms with Gasteiger partial charge in [0.15, 0.2) is 0 Å². The van der Waals surface area contributed by atoms with E-state index in [1.807, 2.05) is 24.3 Å². The topological polar surface area (TPSA) is 12.0 Å². The first-order valence-electron chi connectivity index (χ1n) is 4.70. The summed E-state index contributed by atoms with van der Waals surface area (Å²) in [6.45, 7) is 0.845. The summed E-state index contributed by atoms with van der Waals surface area (Å²) in [6.07, 6.45) is 5.33. The average molecular weight is 213 g/mol. The van der Waals surface area contributed by atoms with Crippen molar-refractivity contribution in [3.63, 3.8) is 0 Å². The van der Waals surface area contributed by atoms with Crippen LogP contribution in [0.4, 0.5) is 5.69 Å². The van der Waals surface area contributed by atoms with Gasteiger partial charge in [-0.2, -0.15) is 11.3 Å². The van der Waals surface area contributed by atoms with Crippen molar-refractivity contribution in [3.05, 3.63) is 52.2 Å². The number of benzene rings is 1. The highest BCUT2D eigenvalue weighted by molar-refractivity contribution is 7.07. The largest absolute Gasteiger partial charge is 0.381 e. The van der Waals surface area contributed by atoms with E-state index in [1.54, 1.807) is 11.3 Å². The van der Waals surface area contributed by atoms with Gasteiger partial charge in [0.05, 0.1) is 0 Å². The summed E-state index contributed by atoms with van der Waals surface area (Å²) in [6, 6.07) is 10.0. The fourth-order valence-electron chi connectivity index (χ4n) is 1.32. The average Bonchev–Trinajstić information content (AvgIpc) is 2.79. The first kappa shape index (κ1) is 9.82. The van der Waals surface area contributed by atoms with Crippen molar-refractivity contribution >= 4 is 17.0 Å². The Labute approximate surface area is 93.8 Å². The van der Waals surface area contributed by atoms with Gasteiger partial charge in [0.1, 0.15) is 0 Å². The number of nitrogens with one attached hydrogen (secondary N) is 1. The van der Waals surface area contributed by atoms with E-state index in [2.05, 4.69) is 28.1 Å². The number of terminal acetylenes is 1. The number of rotatable bonds is 3. The van der Waals surface area contributed by atoms with Crippen molar-refractivity contribution in [2.24, 2.45) is 0 Å². The van der Waals surface area contributed by atoms with Gasteiger partial charge < -0.3 is 5.32 Å². The lowest BCUT2D eigenvalue weighted by atomic mass is 10.2. The molecule has 0 aliphatic heterocycles. The zero-order valence-corrected chi connectivity index (χ0v) is 9.05. The highest BCUT2D eigenvalue weighted by Gasteiger charge is 1.94. The lowest BCUT2D eigenvalue weighted by Gasteiger charge is -2.04. The van der Waals surface area contributed by atoms with Crippen molar-refractivity contribution < 1.29 is 0 Å². The maximum absolute atomic E-state index is 5.33. The third-order valence-electron chi connectivity index (χ3n) is 2.11. The zero-order valence-electron chi connectivity index (χ0n) is 8.23. The van der Waals surface area contributed by atoms with Gasteiger partial charge in [0, 0.05) is 17.8 Å². The minimum atomic E-state index is 0.845. The van der Waals surface area contributed by atoms with Crippen molar-refractivity contribution in [1.29, 1.82) is 0 Å². The first-order valence-corrected chi connectivity index (χ1v) is 5.64. The molecule has 1 aromatic carbocycles. The van der Waals surface area contributed by atoms with Gasteiger partial charge >= 0.3 is 0 Å². The smallest absolute Gasteiger partial charge is 0.0409 e. The Bertz CT molecular complexity index is 466. The molecule has 0 saturated carbocycles. The molecule has 1 nitrogen and oxygen atoms in total. The summed E-state index contributed by atoms with van der Waals surface area (Å²) >= 11 is 1.71. The second kappa shape index (κ2) is 4.68. The van der Waals surface area contributed by atoms with Crippen LogP contribution in [0.3, 0.4) is 0 Å². The Morgan fingerprint density at radius 3 is 3.00 bits per heavy atom. The van der Waals surface area contributed by atoms with Gasteiger partial charge in [-0.15, -0.1) is 6.42 Å². The molecule has 0 atom stereocenters. The zero-order chi connectivity index (χ0) is 10.5. The molecule has 1 heterocycles. The Hall–Kier alpha value is -1.72. The lowest BCUT2D eigenvalue weighted by Crippen LogP contribution is -1.97. The Balaban J connectivity index is 2.02. The molecule has 0 amide bonds. The summed E-state index contributed by atoms with van der Waals surface area (Å²) in [7, 11) is 0. The third-order valence-corrected chi connectivity index (χ3v) is 2.84. The number of hydrogen-bond donors (Lipinski definition) is 1. The quantitative estimate of drug-likeness (QED) is 0.771. The summed E-state index contributed by atoms with van der Waals surface area (Å²) in [5, 5.41) is 7.55. The Morgan fingerprint density at radius 2 is 2.27 bits per heavy atom. The number of thiophene rings is 1. The van der Waals surface area contributed by atoms with Crippen LogP contribution in [-0.4, -0.2) is 0 Å². The van der Waals surface area contributed by atoms with Crippen molar-refractivity contribution in [1.82, 2.24) is 0 Å². The van der Waals surface area contributed by atoms with Crippen molar-refractivity contribution in [2.45, 2.75) is 6.54 Å². The van der Waals surface area contributed by atoms with Gasteiger partial charge in [0.2, 0.25) is 0 Å². The van der Waals surface area contributed by atoms with Crippen LogP contribution in [0, 0.1) is 12.3 Å². The molecule has 74 valence electrons. The van der Waals surface area contributed by atoms with E-state index in [0.29, 0.717) is 0 Å². The molecule has 0 fully saturated rings. The van der Waals surface area contributed by atoms with Crippen molar-refractivity contribution in [2.75, 3.05) is 5.32 Å². The van der Waals surface area contributed by atoms with Crippen LogP contribution in [0.15, 0.2) is 41.1 Å². The minimum absolute atomic E-state index is 0.845. The number of hydrogen-bond acceptors (Lipinski definition) is 2. The molecule has 2 aromatic rings. The van der Waals surface area contributed by atoms with E-state index in [0.717, 1.165) is 17.8 Å². The van der Waals surface area contributed by atoms with Gasteiger partial charge in [-0.25, -0.2) is 0 Å². The molecule has 0 aliphatic rings. The van der Waals surface area contributed by atoms with Gasteiger partial charge in [-0.3, -0.25) is 0 Å². The molecule has 0 spiro atoms. The predicted octanol–water partition coefficient (Wildman–Crippen LogP) is 3.34. The van der Waals surface area contributed by atoms with Crippen LogP contribution < -0.4 is 5.32 Å². The molecule has 0 bridgehead atoms. The molecule has 0 unspecified atom stereocenters. The van der Waals surface area contributed by atoms with Crippen LogP contribution in [0.25, 0.3) is 0 Å². The molecule has 1 aromatic heterocycles. The molecule has 15 heavy (non-hydrogen) atoms. The van der Waals surface area contributed by atoms with Crippen LogP contribution in [0.1, 0.15) is 11.1 Å². The first-order chi connectivity index (χ1) is 7.38. The number of anilines is 1. The van der Waals surface area contributed by atoms with Gasteiger partial charge in [-0.05, 0) is 40.6 Å². The molecular weight excluding hydrogens is 202 g/mol. The van der Waals surface area contributed by atoms with E-state index in [4.69, 9.17) is 6.42 Å². The highest BCUT2D eigenvalue weighted by Crippen LogP contribution is 2.12. The Kier molecular flexibility index (Phi) is 3.06.